The molecule has 0 aliphatic rings. The zero-order valence-corrected chi connectivity index (χ0v) is 9.04. The fourth-order valence-corrected chi connectivity index (χ4v) is 1.56. The number of aromatic nitrogens is 3. The molecule has 2 aromatic heterocycles. The van der Waals surface area contributed by atoms with Gasteiger partial charge in [0.2, 0.25) is 0 Å². The van der Waals surface area contributed by atoms with E-state index in [1.807, 2.05) is 29.1 Å². The summed E-state index contributed by atoms with van der Waals surface area (Å²) in [6.07, 6.45) is 5.80. The molecule has 0 N–H and O–H groups in total. The molecule has 80 valence electrons. The van der Waals surface area contributed by atoms with Crippen molar-refractivity contribution in [2.45, 2.75) is 19.4 Å². The van der Waals surface area contributed by atoms with E-state index in [0.29, 0.717) is 6.42 Å². The van der Waals surface area contributed by atoms with E-state index in [1.54, 1.807) is 12.4 Å². The van der Waals surface area contributed by atoms with Gasteiger partial charge in [0.1, 0.15) is 0 Å². The number of rotatable bonds is 3. The monoisotopic (exact) mass is 212 g/mol. The normalized spacial score (nSPS) is 12.0. The van der Waals surface area contributed by atoms with Crippen LogP contribution < -0.4 is 0 Å². The molecule has 4 heteroatoms. The van der Waals surface area contributed by atoms with E-state index in [9.17, 15) is 0 Å². The molecular weight excluding hydrogens is 200 g/mol. The summed E-state index contributed by atoms with van der Waals surface area (Å²) in [7, 11) is 0. The second-order valence-corrected chi connectivity index (χ2v) is 3.58. The van der Waals surface area contributed by atoms with Crippen molar-refractivity contribution in [1.29, 1.82) is 5.26 Å². The van der Waals surface area contributed by atoms with Gasteiger partial charge in [-0.1, -0.05) is 0 Å². The van der Waals surface area contributed by atoms with Crippen LogP contribution >= 0.6 is 0 Å². The highest BCUT2D eigenvalue weighted by molar-refractivity contribution is 5.16. The van der Waals surface area contributed by atoms with Gasteiger partial charge in [0.15, 0.2) is 0 Å². The van der Waals surface area contributed by atoms with Gasteiger partial charge in [0, 0.05) is 18.6 Å². The highest BCUT2D eigenvalue weighted by Crippen LogP contribution is 2.15. The number of nitriles is 1. The smallest absolute Gasteiger partial charge is 0.0793 e. The van der Waals surface area contributed by atoms with Gasteiger partial charge in [-0.25, -0.2) is 0 Å². The van der Waals surface area contributed by atoms with Gasteiger partial charge in [-0.05, 0) is 30.7 Å². The molecule has 2 heterocycles. The van der Waals surface area contributed by atoms with Gasteiger partial charge in [-0.3, -0.25) is 9.67 Å². The Morgan fingerprint density at radius 2 is 2.12 bits per heavy atom. The molecule has 1 atom stereocenters. The molecule has 0 aliphatic carbocycles. The van der Waals surface area contributed by atoms with Crippen LogP contribution in [0.25, 0.3) is 0 Å². The lowest BCUT2D eigenvalue weighted by Crippen LogP contribution is -2.07. The van der Waals surface area contributed by atoms with Crippen LogP contribution in [0, 0.1) is 11.3 Å². The van der Waals surface area contributed by atoms with E-state index < -0.39 is 0 Å². The molecule has 0 unspecified atom stereocenters. The minimum absolute atomic E-state index is 0.162. The number of pyridine rings is 1. The minimum atomic E-state index is 0.162. The molecule has 0 fully saturated rings. The maximum absolute atomic E-state index is 8.58. The third-order valence-electron chi connectivity index (χ3n) is 2.51. The first kappa shape index (κ1) is 10.4. The largest absolute Gasteiger partial charge is 0.265 e. The molecule has 0 bridgehead atoms. The van der Waals surface area contributed by atoms with E-state index in [4.69, 9.17) is 5.26 Å². The van der Waals surface area contributed by atoms with Crippen molar-refractivity contribution in [2.24, 2.45) is 0 Å². The Morgan fingerprint density at radius 1 is 1.38 bits per heavy atom. The van der Waals surface area contributed by atoms with E-state index in [1.165, 1.54) is 0 Å². The summed E-state index contributed by atoms with van der Waals surface area (Å²) in [5, 5.41) is 12.9. The molecule has 2 rings (SSSR count). The van der Waals surface area contributed by atoms with Crippen LogP contribution in [0.3, 0.4) is 0 Å². The lowest BCUT2D eigenvalue weighted by molar-refractivity contribution is 0.559. The summed E-state index contributed by atoms with van der Waals surface area (Å²) < 4.78 is 1.86. The predicted octanol–water partition coefficient (Wildman–Crippen LogP) is 1.95. The van der Waals surface area contributed by atoms with E-state index in [0.717, 1.165) is 11.3 Å². The van der Waals surface area contributed by atoms with Crippen molar-refractivity contribution in [1.82, 2.24) is 14.8 Å². The Kier molecular flexibility index (Phi) is 2.97. The molecule has 0 aliphatic heterocycles. The Labute approximate surface area is 94.2 Å². The summed E-state index contributed by atoms with van der Waals surface area (Å²) in [6, 6.07) is 8.07. The Bertz CT molecular complexity index is 495. The van der Waals surface area contributed by atoms with Gasteiger partial charge in [0.05, 0.1) is 24.2 Å². The first-order chi connectivity index (χ1) is 7.81. The maximum atomic E-state index is 8.58. The van der Waals surface area contributed by atoms with E-state index >= 15 is 0 Å². The Morgan fingerprint density at radius 3 is 2.81 bits per heavy atom. The zero-order chi connectivity index (χ0) is 11.4. The van der Waals surface area contributed by atoms with Gasteiger partial charge in [-0.15, -0.1) is 0 Å². The molecule has 0 saturated heterocycles. The van der Waals surface area contributed by atoms with Crippen molar-refractivity contribution < 1.29 is 0 Å². The average Bonchev–Trinajstić information content (AvgIpc) is 2.78. The minimum Gasteiger partial charge on any atom is -0.265 e. The highest BCUT2D eigenvalue weighted by Gasteiger charge is 2.08. The second-order valence-electron chi connectivity index (χ2n) is 3.58. The molecular formula is C12H12N4. The molecule has 0 saturated carbocycles. The van der Waals surface area contributed by atoms with Gasteiger partial charge < -0.3 is 0 Å². The number of hydrogen-bond donors (Lipinski definition) is 0. The average molecular weight is 212 g/mol. The van der Waals surface area contributed by atoms with Crippen LogP contribution in [0.4, 0.5) is 0 Å². The van der Waals surface area contributed by atoms with Crippen LogP contribution in [-0.2, 0) is 6.42 Å². The first-order valence-electron chi connectivity index (χ1n) is 5.12. The summed E-state index contributed by atoms with van der Waals surface area (Å²) in [5.41, 5.74) is 1.96. The van der Waals surface area contributed by atoms with Crippen molar-refractivity contribution in [3.8, 4) is 6.07 Å². The predicted molar refractivity (Wildman–Crippen MR) is 59.6 cm³/mol. The van der Waals surface area contributed by atoms with Crippen LogP contribution in [0.15, 0.2) is 36.8 Å². The Balaban J connectivity index is 2.21. The van der Waals surface area contributed by atoms with Gasteiger partial charge in [0.25, 0.3) is 0 Å². The van der Waals surface area contributed by atoms with Crippen molar-refractivity contribution in [2.75, 3.05) is 0 Å². The molecule has 0 amide bonds. The molecule has 0 radical (unpaired) electrons. The number of hydrogen-bond acceptors (Lipinski definition) is 3. The van der Waals surface area contributed by atoms with Crippen molar-refractivity contribution in [3.05, 3.63) is 48.0 Å². The van der Waals surface area contributed by atoms with Gasteiger partial charge >= 0.3 is 0 Å². The number of nitrogens with zero attached hydrogens (tertiary/aromatic N) is 4. The summed E-state index contributed by atoms with van der Waals surface area (Å²) in [5.74, 6) is 0. The van der Waals surface area contributed by atoms with Crippen LogP contribution in [0.1, 0.15) is 24.2 Å². The van der Waals surface area contributed by atoms with Crippen LogP contribution in [0.2, 0.25) is 0 Å². The molecule has 0 spiro atoms. The van der Waals surface area contributed by atoms with Crippen molar-refractivity contribution in [3.63, 3.8) is 0 Å². The molecule has 0 aromatic carbocycles. The standard InChI is InChI=1S/C12H12N4/c1-10(11-3-7-14-8-4-11)16-9-5-12(15-16)2-6-13/h3-5,7-10H,2H2,1H3/t10-/m1/s1. The summed E-state index contributed by atoms with van der Waals surface area (Å²) in [6.45, 7) is 2.07. The lowest BCUT2D eigenvalue weighted by Gasteiger charge is -2.11. The third-order valence-corrected chi connectivity index (χ3v) is 2.51. The van der Waals surface area contributed by atoms with Gasteiger partial charge in [-0.2, -0.15) is 10.4 Å². The fourth-order valence-electron chi connectivity index (χ4n) is 1.56. The van der Waals surface area contributed by atoms with Crippen molar-refractivity contribution >= 4 is 0 Å². The van der Waals surface area contributed by atoms with Crippen LogP contribution in [-0.4, -0.2) is 14.8 Å². The first-order valence-corrected chi connectivity index (χ1v) is 5.12. The lowest BCUT2D eigenvalue weighted by atomic mass is 10.1. The maximum Gasteiger partial charge on any atom is 0.0793 e. The quantitative estimate of drug-likeness (QED) is 0.781. The summed E-state index contributed by atoms with van der Waals surface area (Å²) >= 11 is 0. The topological polar surface area (TPSA) is 54.5 Å². The van der Waals surface area contributed by atoms with E-state index in [2.05, 4.69) is 23.1 Å². The SMILES string of the molecule is C[C@H](c1ccncc1)n1ccc(CC#N)n1. The van der Waals surface area contributed by atoms with Crippen LogP contribution in [0.5, 0.6) is 0 Å². The Hall–Kier alpha value is -2.15. The highest BCUT2D eigenvalue weighted by atomic mass is 15.3. The molecule has 2 aromatic rings. The zero-order valence-electron chi connectivity index (χ0n) is 9.04. The summed E-state index contributed by atoms with van der Waals surface area (Å²) in [4.78, 5) is 3.98. The van der Waals surface area contributed by atoms with E-state index in [-0.39, 0.29) is 6.04 Å². The molecule has 4 nitrogen and oxygen atoms in total. The second kappa shape index (κ2) is 4.58. The third kappa shape index (κ3) is 2.09. The molecule has 16 heavy (non-hydrogen) atoms. The fraction of sp³-hybridized carbons (Fsp3) is 0.250.